The van der Waals surface area contributed by atoms with Gasteiger partial charge < -0.3 is 19.5 Å². The Balaban J connectivity index is 1.58. The van der Waals surface area contributed by atoms with Gasteiger partial charge in [-0.15, -0.1) is 0 Å². The van der Waals surface area contributed by atoms with Crippen molar-refractivity contribution in [1.29, 1.82) is 0 Å². The highest BCUT2D eigenvalue weighted by Crippen LogP contribution is 2.44. The van der Waals surface area contributed by atoms with E-state index in [1.54, 1.807) is 0 Å². The molecule has 0 bridgehead atoms. The molecule has 1 aliphatic heterocycles. The summed E-state index contributed by atoms with van der Waals surface area (Å²) < 4.78 is 19.5. The fraction of sp³-hybridized carbons (Fsp3) is 0.400. The highest BCUT2D eigenvalue weighted by Gasteiger charge is 2.45. The minimum absolute atomic E-state index is 0.204. The van der Waals surface area contributed by atoms with Crippen LogP contribution < -0.4 is 10.1 Å². The van der Waals surface area contributed by atoms with Crippen LogP contribution in [0, 0.1) is 0 Å². The van der Waals surface area contributed by atoms with Gasteiger partial charge in [0.15, 0.2) is 0 Å². The number of rotatable bonds is 11. The smallest absolute Gasteiger partial charge is 0.132 e. The highest BCUT2D eigenvalue weighted by molar-refractivity contribution is 5.54. The number of benzene rings is 3. The van der Waals surface area contributed by atoms with Crippen molar-refractivity contribution in [3.8, 4) is 5.75 Å². The molecule has 180 valence electrons. The van der Waals surface area contributed by atoms with Crippen LogP contribution in [0.5, 0.6) is 5.75 Å². The first-order valence-corrected chi connectivity index (χ1v) is 12.4. The van der Waals surface area contributed by atoms with Crippen molar-refractivity contribution in [2.24, 2.45) is 0 Å². The van der Waals surface area contributed by atoms with Gasteiger partial charge in [-0.3, -0.25) is 0 Å². The molecule has 0 saturated carbocycles. The Bertz CT molecular complexity index is 1020. The highest BCUT2D eigenvalue weighted by atomic mass is 16.6. The molecule has 34 heavy (non-hydrogen) atoms. The first-order chi connectivity index (χ1) is 16.6. The molecular formula is C30H37NO3. The van der Waals surface area contributed by atoms with Crippen LogP contribution in [0.25, 0.3) is 0 Å². The fourth-order valence-corrected chi connectivity index (χ4v) is 4.43. The van der Waals surface area contributed by atoms with Crippen molar-refractivity contribution in [3.05, 3.63) is 95.6 Å². The van der Waals surface area contributed by atoms with E-state index < -0.39 is 5.60 Å². The molecule has 2 atom stereocenters. The maximum atomic E-state index is 6.59. The van der Waals surface area contributed by atoms with Crippen LogP contribution in [0.15, 0.2) is 78.9 Å². The predicted octanol–water partition coefficient (Wildman–Crippen LogP) is 7.30. The Labute approximate surface area is 204 Å². The average molecular weight is 460 g/mol. The standard InChI is InChI=1S/C30H37NO3/c1-4-5-12-19-32-29-28(33-22-24-15-10-7-11-16-24)26-20-25(17-18-27(26)34-30(29,2)3)31-21-23-13-8-6-9-14-23/h6-11,13-18,20,28-29,31H,4-5,12,19,21-22H2,1-3H3. The number of fused-ring (bicyclic) bond motifs is 1. The molecule has 0 amide bonds. The van der Waals surface area contributed by atoms with Crippen molar-refractivity contribution in [2.75, 3.05) is 11.9 Å². The Kier molecular flexibility index (Phi) is 8.25. The number of anilines is 1. The van der Waals surface area contributed by atoms with Gasteiger partial charge in [0, 0.05) is 24.4 Å². The van der Waals surface area contributed by atoms with E-state index in [0.717, 1.165) is 42.0 Å². The summed E-state index contributed by atoms with van der Waals surface area (Å²) in [5.74, 6) is 0.863. The van der Waals surface area contributed by atoms with Crippen LogP contribution in [-0.2, 0) is 22.6 Å². The molecule has 0 radical (unpaired) electrons. The first-order valence-electron chi connectivity index (χ1n) is 12.4. The topological polar surface area (TPSA) is 39.7 Å². The van der Waals surface area contributed by atoms with Gasteiger partial charge in [0.25, 0.3) is 0 Å². The van der Waals surface area contributed by atoms with Crippen molar-refractivity contribution >= 4 is 5.69 Å². The molecule has 0 spiro atoms. The second-order valence-electron chi connectivity index (χ2n) is 9.51. The van der Waals surface area contributed by atoms with Crippen molar-refractivity contribution in [2.45, 2.75) is 71.0 Å². The molecule has 3 aromatic rings. The third-order valence-corrected chi connectivity index (χ3v) is 6.31. The lowest BCUT2D eigenvalue weighted by molar-refractivity contribution is -0.166. The van der Waals surface area contributed by atoms with Crippen LogP contribution >= 0.6 is 0 Å². The van der Waals surface area contributed by atoms with E-state index >= 15 is 0 Å². The van der Waals surface area contributed by atoms with Crippen molar-refractivity contribution in [1.82, 2.24) is 0 Å². The minimum Gasteiger partial charge on any atom is -0.485 e. The number of hydrogen-bond donors (Lipinski definition) is 1. The van der Waals surface area contributed by atoms with E-state index in [2.05, 4.69) is 80.7 Å². The van der Waals surface area contributed by atoms with Gasteiger partial charge >= 0.3 is 0 Å². The van der Waals surface area contributed by atoms with Gasteiger partial charge in [-0.05, 0) is 49.6 Å². The molecular weight excluding hydrogens is 422 g/mol. The van der Waals surface area contributed by atoms with E-state index in [0.29, 0.717) is 13.2 Å². The molecule has 0 saturated heterocycles. The maximum Gasteiger partial charge on any atom is 0.132 e. The van der Waals surface area contributed by atoms with E-state index in [4.69, 9.17) is 14.2 Å². The molecule has 4 nitrogen and oxygen atoms in total. The van der Waals surface area contributed by atoms with Crippen LogP contribution in [0.1, 0.15) is 62.8 Å². The summed E-state index contributed by atoms with van der Waals surface area (Å²) >= 11 is 0. The molecule has 0 fully saturated rings. The van der Waals surface area contributed by atoms with Gasteiger partial charge in [0.05, 0.1) is 6.61 Å². The number of hydrogen-bond acceptors (Lipinski definition) is 4. The van der Waals surface area contributed by atoms with Gasteiger partial charge in [-0.25, -0.2) is 0 Å². The van der Waals surface area contributed by atoms with Crippen molar-refractivity contribution < 1.29 is 14.2 Å². The molecule has 0 aromatic heterocycles. The molecule has 2 unspecified atom stereocenters. The van der Waals surface area contributed by atoms with Crippen LogP contribution in [0.2, 0.25) is 0 Å². The molecule has 1 N–H and O–H groups in total. The SMILES string of the molecule is CCCCCOC1C(OCc2ccccc2)c2cc(NCc3ccccc3)ccc2OC1(C)C. The van der Waals surface area contributed by atoms with E-state index in [1.165, 1.54) is 12.0 Å². The summed E-state index contributed by atoms with van der Waals surface area (Å²) in [6.07, 6.45) is 2.94. The second kappa shape index (κ2) is 11.5. The van der Waals surface area contributed by atoms with Gasteiger partial charge in [-0.1, -0.05) is 80.4 Å². The lowest BCUT2D eigenvalue weighted by atomic mass is 9.87. The lowest BCUT2D eigenvalue weighted by Crippen LogP contribution is -2.51. The maximum absolute atomic E-state index is 6.59. The number of ether oxygens (including phenoxy) is 3. The third-order valence-electron chi connectivity index (χ3n) is 6.31. The Hall–Kier alpha value is -2.82. The zero-order valence-electron chi connectivity index (χ0n) is 20.6. The lowest BCUT2D eigenvalue weighted by Gasteiger charge is -2.44. The monoisotopic (exact) mass is 459 g/mol. The van der Waals surface area contributed by atoms with E-state index in [1.807, 2.05) is 24.3 Å². The summed E-state index contributed by atoms with van der Waals surface area (Å²) in [7, 11) is 0. The summed E-state index contributed by atoms with van der Waals surface area (Å²) in [4.78, 5) is 0. The Morgan fingerprint density at radius 3 is 2.26 bits per heavy atom. The van der Waals surface area contributed by atoms with Gasteiger partial charge in [0.2, 0.25) is 0 Å². The molecule has 1 heterocycles. The normalized spacial score (nSPS) is 18.7. The fourth-order valence-electron chi connectivity index (χ4n) is 4.43. The Morgan fingerprint density at radius 1 is 0.853 bits per heavy atom. The predicted molar refractivity (Wildman–Crippen MR) is 138 cm³/mol. The molecule has 3 aromatic carbocycles. The molecule has 4 heteroatoms. The van der Waals surface area contributed by atoms with E-state index in [9.17, 15) is 0 Å². The molecule has 0 aliphatic carbocycles. The minimum atomic E-state index is -0.500. The number of unbranched alkanes of at least 4 members (excludes halogenated alkanes) is 2. The largest absolute Gasteiger partial charge is 0.485 e. The zero-order valence-corrected chi connectivity index (χ0v) is 20.6. The van der Waals surface area contributed by atoms with Gasteiger partial charge in [0.1, 0.15) is 23.6 Å². The third kappa shape index (κ3) is 6.19. The van der Waals surface area contributed by atoms with Crippen LogP contribution in [0.3, 0.4) is 0 Å². The molecule has 4 rings (SSSR count). The summed E-state index contributed by atoms with van der Waals surface area (Å²) in [6, 6.07) is 27.0. The van der Waals surface area contributed by atoms with Gasteiger partial charge in [-0.2, -0.15) is 0 Å². The first kappa shape index (κ1) is 24.3. The Morgan fingerprint density at radius 2 is 1.56 bits per heavy atom. The quantitative estimate of drug-likeness (QED) is 0.305. The summed E-state index contributed by atoms with van der Waals surface area (Å²) in [6.45, 7) is 8.40. The molecule has 1 aliphatic rings. The van der Waals surface area contributed by atoms with Crippen molar-refractivity contribution in [3.63, 3.8) is 0 Å². The van der Waals surface area contributed by atoms with Crippen LogP contribution in [0.4, 0.5) is 5.69 Å². The van der Waals surface area contributed by atoms with E-state index in [-0.39, 0.29) is 12.2 Å². The number of nitrogens with one attached hydrogen (secondary N) is 1. The average Bonchev–Trinajstić information content (AvgIpc) is 2.85. The zero-order chi connectivity index (χ0) is 23.8. The summed E-state index contributed by atoms with van der Waals surface area (Å²) in [5, 5.41) is 3.55. The summed E-state index contributed by atoms with van der Waals surface area (Å²) in [5.41, 5.74) is 3.97. The second-order valence-corrected chi connectivity index (χ2v) is 9.51. The van der Waals surface area contributed by atoms with Crippen LogP contribution in [-0.4, -0.2) is 18.3 Å².